The lowest BCUT2D eigenvalue weighted by Gasteiger charge is -2.63. The Bertz CT molecular complexity index is 675. The van der Waals surface area contributed by atoms with Crippen LogP contribution in [-0.4, -0.2) is 56.2 Å². The molecule has 150 valence electrons. The Kier molecular flexibility index (Phi) is 6.68. The summed E-state index contributed by atoms with van der Waals surface area (Å²) in [5, 5.41) is 9.16. The number of fused-ring (bicyclic) bond motifs is 2. The van der Waals surface area contributed by atoms with Crippen molar-refractivity contribution in [1.29, 1.82) is 0 Å². The Morgan fingerprint density at radius 1 is 1.44 bits per heavy atom. The summed E-state index contributed by atoms with van der Waals surface area (Å²) < 4.78 is 6.01. The fourth-order valence-corrected chi connectivity index (χ4v) is 5.27. The second kappa shape index (κ2) is 8.65. The van der Waals surface area contributed by atoms with Crippen LogP contribution in [0.5, 0.6) is 0 Å². The fraction of sp³-hybridized carbons (Fsp3) is 0.684. The van der Waals surface area contributed by atoms with Gasteiger partial charge in [0.15, 0.2) is 5.96 Å². The highest BCUT2D eigenvalue weighted by Crippen LogP contribution is 2.62. The molecule has 3 unspecified atom stereocenters. The van der Waals surface area contributed by atoms with E-state index in [1.165, 1.54) is 24.1 Å². The van der Waals surface area contributed by atoms with Gasteiger partial charge >= 0.3 is 0 Å². The lowest BCUT2D eigenvalue weighted by atomic mass is 9.46. The lowest BCUT2D eigenvalue weighted by Crippen LogP contribution is -2.72. The summed E-state index contributed by atoms with van der Waals surface area (Å²) in [6, 6.07) is 4.57. The Morgan fingerprint density at radius 3 is 2.89 bits per heavy atom. The molecule has 1 aliphatic heterocycles. The molecule has 0 bridgehead atoms. The van der Waals surface area contributed by atoms with Crippen LogP contribution in [0, 0.1) is 11.3 Å². The number of ether oxygens (including phenoxy) is 1. The molecule has 27 heavy (non-hydrogen) atoms. The number of amides is 1. The van der Waals surface area contributed by atoms with Crippen molar-refractivity contribution in [3.8, 4) is 0 Å². The summed E-state index contributed by atoms with van der Waals surface area (Å²) in [6.45, 7) is 1.77. The Morgan fingerprint density at radius 2 is 2.26 bits per heavy atom. The molecule has 2 aliphatic carbocycles. The molecule has 6 nitrogen and oxygen atoms in total. The zero-order valence-electron chi connectivity index (χ0n) is 15.9. The van der Waals surface area contributed by atoms with Crippen LogP contribution >= 0.6 is 35.3 Å². The van der Waals surface area contributed by atoms with Gasteiger partial charge in [-0.2, -0.15) is 0 Å². The third-order valence-corrected chi connectivity index (χ3v) is 7.09. The first-order valence-corrected chi connectivity index (χ1v) is 10.4. The quantitative estimate of drug-likeness (QED) is 0.368. The van der Waals surface area contributed by atoms with Gasteiger partial charge in [-0.15, -0.1) is 35.3 Å². The van der Waals surface area contributed by atoms with Gasteiger partial charge in [0.2, 0.25) is 5.91 Å². The van der Waals surface area contributed by atoms with E-state index >= 15 is 0 Å². The zero-order chi connectivity index (χ0) is 18.1. The number of likely N-dealkylation sites (N-methyl/N-ethyl adjacent to an activating group) is 1. The number of rotatable bonds is 5. The van der Waals surface area contributed by atoms with Crippen molar-refractivity contribution in [2.75, 3.05) is 27.2 Å². The van der Waals surface area contributed by atoms with E-state index < -0.39 is 0 Å². The lowest BCUT2D eigenvalue weighted by molar-refractivity contribution is -0.171. The third-order valence-electron chi connectivity index (χ3n) is 6.21. The Labute approximate surface area is 182 Å². The minimum absolute atomic E-state index is 0. The molecule has 3 aliphatic rings. The minimum atomic E-state index is 0. The van der Waals surface area contributed by atoms with E-state index in [1.54, 1.807) is 30.3 Å². The van der Waals surface area contributed by atoms with E-state index in [0.29, 0.717) is 18.1 Å². The van der Waals surface area contributed by atoms with Gasteiger partial charge in [0.25, 0.3) is 0 Å². The molecule has 4 rings (SSSR count). The average molecular weight is 504 g/mol. The number of carbonyl (C=O) groups excluding carboxylic acids is 1. The van der Waals surface area contributed by atoms with E-state index in [1.807, 2.05) is 0 Å². The normalized spacial score (nSPS) is 27.8. The summed E-state index contributed by atoms with van der Waals surface area (Å²) in [5.74, 6) is 1.33. The van der Waals surface area contributed by atoms with Crippen LogP contribution in [0.1, 0.15) is 30.6 Å². The van der Waals surface area contributed by atoms with Crippen LogP contribution in [0.15, 0.2) is 22.5 Å². The SMILES string of the molecule is CN(C)C(=O)CN=C(NCc1cccs1)NC1C2CCOC2C12CCC2.I. The Hall–Kier alpha value is -0.870. The fourth-order valence-electron chi connectivity index (χ4n) is 4.63. The van der Waals surface area contributed by atoms with Crippen molar-refractivity contribution in [1.82, 2.24) is 15.5 Å². The van der Waals surface area contributed by atoms with Crippen LogP contribution < -0.4 is 10.6 Å². The van der Waals surface area contributed by atoms with E-state index in [2.05, 4.69) is 33.1 Å². The molecule has 0 aromatic carbocycles. The van der Waals surface area contributed by atoms with Crippen molar-refractivity contribution in [3.63, 3.8) is 0 Å². The van der Waals surface area contributed by atoms with E-state index in [9.17, 15) is 4.79 Å². The number of nitrogens with one attached hydrogen (secondary N) is 2. The highest BCUT2D eigenvalue weighted by molar-refractivity contribution is 14.0. The monoisotopic (exact) mass is 504 g/mol. The van der Waals surface area contributed by atoms with Crippen molar-refractivity contribution >= 4 is 47.2 Å². The van der Waals surface area contributed by atoms with Crippen LogP contribution in [0.4, 0.5) is 0 Å². The van der Waals surface area contributed by atoms with Gasteiger partial charge in [-0.3, -0.25) is 4.79 Å². The first kappa shape index (κ1) is 20.9. The second-order valence-corrected chi connectivity index (χ2v) is 8.87. The molecule has 2 saturated carbocycles. The largest absolute Gasteiger partial charge is 0.377 e. The molecule has 3 atom stereocenters. The first-order valence-electron chi connectivity index (χ1n) is 9.49. The molecule has 1 amide bonds. The topological polar surface area (TPSA) is 66.0 Å². The van der Waals surface area contributed by atoms with Gasteiger partial charge in [-0.05, 0) is 30.7 Å². The number of thiophene rings is 1. The molecule has 0 radical (unpaired) electrons. The molecule has 8 heteroatoms. The van der Waals surface area contributed by atoms with Gasteiger partial charge in [-0.1, -0.05) is 12.5 Å². The summed E-state index contributed by atoms with van der Waals surface area (Å²) in [6.07, 6.45) is 5.31. The molecular formula is C19H29IN4O2S. The van der Waals surface area contributed by atoms with Crippen LogP contribution in [0.3, 0.4) is 0 Å². The highest BCUT2D eigenvalue weighted by Gasteiger charge is 2.66. The zero-order valence-corrected chi connectivity index (χ0v) is 19.1. The highest BCUT2D eigenvalue weighted by atomic mass is 127. The number of carbonyl (C=O) groups is 1. The molecule has 1 spiro atoms. The number of hydrogen-bond donors (Lipinski definition) is 2. The maximum atomic E-state index is 12.0. The van der Waals surface area contributed by atoms with Crippen molar-refractivity contribution in [3.05, 3.63) is 22.4 Å². The van der Waals surface area contributed by atoms with E-state index in [0.717, 1.165) is 25.5 Å². The standard InChI is InChI=1S/C19H28N4O2S.HI/c1-23(2)15(24)12-21-18(20-11-13-5-3-10-26-13)22-16-14-6-9-25-17(14)19(16)7-4-8-19;/h3,5,10,14,16-17H,4,6-9,11-12H2,1-2H3,(H2,20,21,22);1H. The van der Waals surface area contributed by atoms with E-state index in [-0.39, 0.29) is 41.8 Å². The number of hydrogen-bond acceptors (Lipinski definition) is 4. The van der Waals surface area contributed by atoms with Crippen LogP contribution in [-0.2, 0) is 16.1 Å². The summed E-state index contributed by atoms with van der Waals surface area (Å²) in [4.78, 5) is 19.4. The van der Waals surface area contributed by atoms with Gasteiger partial charge in [0, 0.05) is 43.0 Å². The smallest absolute Gasteiger partial charge is 0.243 e. The Balaban J connectivity index is 0.00000210. The van der Waals surface area contributed by atoms with Gasteiger partial charge < -0.3 is 20.3 Å². The third kappa shape index (κ3) is 3.98. The van der Waals surface area contributed by atoms with Crippen molar-refractivity contribution in [2.24, 2.45) is 16.3 Å². The first-order chi connectivity index (χ1) is 12.6. The maximum Gasteiger partial charge on any atom is 0.243 e. The number of guanidine groups is 1. The second-order valence-electron chi connectivity index (χ2n) is 7.84. The van der Waals surface area contributed by atoms with Crippen LogP contribution in [0.2, 0.25) is 0 Å². The van der Waals surface area contributed by atoms with Gasteiger partial charge in [0.1, 0.15) is 6.54 Å². The molecule has 1 aromatic heterocycles. The van der Waals surface area contributed by atoms with Crippen LogP contribution in [0.25, 0.3) is 0 Å². The van der Waals surface area contributed by atoms with Crippen molar-refractivity contribution < 1.29 is 9.53 Å². The summed E-state index contributed by atoms with van der Waals surface area (Å²) in [7, 11) is 3.53. The molecule has 2 N–H and O–H groups in total. The number of aliphatic imine (C=N–C) groups is 1. The molecule has 1 aromatic rings. The van der Waals surface area contributed by atoms with Gasteiger partial charge in [-0.25, -0.2) is 4.99 Å². The van der Waals surface area contributed by atoms with Crippen molar-refractivity contribution in [2.45, 2.75) is 44.4 Å². The molecule has 1 saturated heterocycles. The summed E-state index contributed by atoms with van der Waals surface area (Å²) in [5.41, 5.74) is 0.290. The molecule has 2 heterocycles. The molecular weight excluding hydrogens is 475 g/mol. The predicted octanol–water partition coefficient (Wildman–Crippen LogP) is 2.45. The van der Waals surface area contributed by atoms with E-state index in [4.69, 9.17) is 4.74 Å². The minimum Gasteiger partial charge on any atom is -0.377 e. The molecule has 3 fully saturated rings. The summed E-state index contributed by atoms with van der Waals surface area (Å²) >= 11 is 1.72. The predicted molar refractivity (Wildman–Crippen MR) is 119 cm³/mol. The number of nitrogens with zero attached hydrogens (tertiary/aromatic N) is 2. The average Bonchev–Trinajstić information content (AvgIpc) is 3.23. The number of halogens is 1. The maximum absolute atomic E-state index is 12.0. The van der Waals surface area contributed by atoms with Gasteiger partial charge in [0.05, 0.1) is 12.6 Å².